The lowest BCUT2D eigenvalue weighted by atomic mass is 10.1. The van der Waals surface area contributed by atoms with Crippen LogP contribution in [0.25, 0.3) is 10.8 Å². The molecule has 0 heterocycles. The van der Waals surface area contributed by atoms with Crippen LogP contribution in [-0.4, -0.2) is 19.1 Å². The fourth-order valence-electron chi connectivity index (χ4n) is 2.64. The third-order valence-corrected chi connectivity index (χ3v) is 3.86. The first-order chi connectivity index (χ1) is 12.6. The van der Waals surface area contributed by atoms with E-state index in [1.807, 2.05) is 73.7 Å². The summed E-state index contributed by atoms with van der Waals surface area (Å²) in [5.74, 6) is 0.588. The van der Waals surface area contributed by atoms with Crippen molar-refractivity contribution in [1.29, 1.82) is 0 Å². The monoisotopic (exact) mass is 346 g/mol. The van der Waals surface area contributed by atoms with Crippen LogP contribution in [0.4, 0.5) is 11.4 Å². The predicted molar refractivity (Wildman–Crippen MR) is 108 cm³/mol. The Bertz CT molecular complexity index is 929. The van der Waals surface area contributed by atoms with Crippen molar-refractivity contribution < 1.29 is 9.53 Å². The average molecular weight is 346 g/mol. The van der Waals surface area contributed by atoms with E-state index in [-0.39, 0.29) is 12.5 Å². The number of fused-ring (bicyclic) bond motifs is 1. The minimum atomic E-state index is -0.115. The summed E-state index contributed by atoms with van der Waals surface area (Å²) in [6, 6.07) is 21.4. The molecule has 0 aliphatic heterocycles. The van der Waals surface area contributed by atoms with Gasteiger partial charge < -0.3 is 15.4 Å². The van der Waals surface area contributed by atoms with E-state index >= 15 is 0 Å². The van der Waals surface area contributed by atoms with E-state index in [1.54, 1.807) is 0 Å². The quantitative estimate of drug-likeness (QED) is 0.602. The Morgan fingerprint density at radius 2 is 1.65 bits per heavy atom. The van der Waals surface area contributed by atoms with Gasteiger partial charge in [0.05, 0.1) is 12.2 Å². The van der Waals surface area contributed by atoms with Crippen LogP contribution in [0.15, 0.2) is 78.9 Å². The highest BCUT2D eigenvalue weighted by Crippen LogP contribution is 2.25. The molecule has 3 rings (SSSR count). The zero-order valence-electron chi connectivity index (χ0n) is 14.8. The first kappa shape index (κ1) is 17.5. The summed E-state index contributed by atoms with van der Waals surface area (Å²) >= 11 is 0. The van der Waals surface area contributed by atoms with Crippen LogP contribution in [0, 0.1) is 0 Å². The van der Waals surface area contributed by atoms with Crippen molar-refractivity contribution >= 4 is 28.1 Å². The molecule has 0 aliphatic rings. The lowest BCUT2D eigenvalue weighted by Gasteiger charge is -2.14. The van der Waals surface area contributed by atoms with E-state index in [9.17, 15) is 4.79 Å². The highest BCUT2D eigenvalue weighted by molar-refractivity contribution is 6.03. The Morgan fingerprint density at radius 1 is 0.962 bits per heavy atom. The van der Waals surface area contributed by atoms with Gasteiger partial charge in [0.15, 0.2) is 0 Å². The summed E-state index contributed by atoms with van der Waals surface area (Å²) < 4.78 is 5.71. The van der Waals surface area contributed by atoms with Crippen molar-refractivity contribution in [3.63, 3.8) is 0 Å². The number of hydrogen-bond acceptors (Lipinski definition) is 3. The van der Waals surface area contributed by atoms with Crippen LogP contribution in [0.3, 0.4) is 0 Å². The third kappa shape index (κ3) is 4.42. The van der Waals surface area contributed by atoms with Crippen LogP contribution in [0.1, 0.15) is 6.92 Å². The molecule has 0 saturated carbocycles. The molecule has 4 nitrogen and oxygen atoms in total. The Morgan fingerprint density at radius 3 is 2.50 bits per heavy atom. The number of amides is 1. The van der Waals surface area contributed by atoms with Gasteiger partial charge in [0.2, 0.25) is 5.91 Å². The number of nitrogens with one attached hydrogen (secondary N) is 2. The standard InChI is InChI=1S/C22H22N2O2/c1-16(2)15-26-21-13-6-5-11-20(21)23-14-22(25)24-19-12-7-9-17-8-3-4-10-18(17)19/h3-13,23H,1,14-15H2,2H3,(H,24,25). The van der Waals surface area contributed by atoms with Crippen LogP contribution in [0.2, 0.25) is 0 Å². The second kappa shape index (κ2) is 8.21. The van der Waals surface area contributed by atoms with E-state index in [1.165, 1.54) is 0 Å². The lowest BCUT2D eigenvalue weighted by Crippen LogP contribution is -2.22. The molecule has 0 saturated heterocycles. The van der Waals surface area contributed by atoms with Crippen LogP contribution in [0.5, 0.6) is 5.75 Å². The number of anilines is 2. The summed E-state index contributed by atoms with van der Waals surface area (Å²) in [6.07, 6.45) is 0. The predicted octanol–water partition coefficient (Wildman–Crippen LogP) is 4.85. The molecule has 0 aliphatic carbocycles. The summed E-state index contributed by atoms with van der Waals surface area (Å²) in [6.45, 7) is 6.34. The van der Waals surface area contributed by atoms with Crippen LogP contribution >= 0.6 is 0 Å². The molecule has 0 bridgehead atoms. The zero-order chi connectivity index (χ0) is 18.4. The Kier molecular flexibility index (Phi) is 5.54. The first-order valence-corrected chi connectivity index (χ1v) is 8.51. The number of hydrogen-bond donors (Lipinski definition) is 2. The number of benzene rings is 3. The fraction of sp³-hybridized carbons (Fsp3) is 0.136. The molecule has 2 N–H and O–H groups in total. The van der Waals surface area contributed by atoms with E-state index < -0.39 is 0 Å². The number of rotatable bonds is 7. The van der Waals surface area contributed by atoms with Crippen molar-refractivity contribution in [1.82, 2.24) is 0 Å². The minimum Gasteiger partial charge on any atom is -0.487 e. The summed E-state index contributed by atoms with van der Waals surface area (Å²) in [5.41, 5.74) is 2.53. The Hall–Kier alpha value is -3.27. The van der Waals surface area contributed by atoms with Crippen molar-refractivity contribution in [2.75, 3.05) is 23.8 Å². The lowest BCUT2D eigenvalue weighted by molar-refractivity contribution is -0.114. The number of carbonyl (C=O) groups is 1. The van der Waals surface area contributed by atoms with Gasteiger partial charge in [-0.25, -0.2) is 0 Å². The maximum atomic E-state index is 12.4. The van der Waals surface area contributed by atoms with Gasteiger partial charge >= 0.3 is 0 Å². The molecule has 3 aromatic rings. The molecule has 0 fully saturated rings. The van der Waals surface area contributed by atoms with Crippen LogP contribution in [-0.2, 0) is 4.79 Å². The first-order valence-electron chi connectivity index (χ1n) is 8.51. The van der Waals surface area contributed by atoms with Crippen molar-refractivity contribution in [2.45, 2.75) is 6.92 Å². The molecule has 0 spiro atoms. The summed E-state index contributed by atoms with van der Waals surface area (Å²) in [7, 11) is 0. The number of carbonyl (C=O) groups excluding carboxylic acids is 1. The fourth-order valence-corrected chi connectivity index (χ4v) is 2.64. The molecule has 3 aromatic carbocycles. The summed E-state index contributed by atoms with van der Waals surface area (Å²) in [4.78, 5) is 12.4. The third-order valence-electron chi connectivity index (χ3n) is 3.86. The number of ether oxygens (including phenoxy) is 1. The van der Waals surface area contributed by atoms with E-state index in [2.05, 4.69) is 17.2 Å². The Labute approximate surface area is 153 Å². The molecular formula is C22H22N2O2. The van der Waals surface area contributed by atoms with E-state index in [4.69, 9.17) is 4.74 Å². The maximum Gasteiger partial charge on any atom is 0.243 e. The highest BCUT2D eigenvalue weighted by Gasteiger charge is 2.08. The molecule has 4 heteroatoms. The SMILES string of the molecule is C=C(C)COc1ccccc1NCC(=O)Nc1cccc2ccccc12. The second-order valence-corrected chi connectivity index (χ2v) is 6.17. The molecule has 1 amide bonds. The van der Waals surface area contributed by atoms with Crippen molar-refractivity contribution in [3.05, 3.63) is 78.9 Å². The van der Waals surface area contributed by atoms with Gasteiger partial charge in [-0.1, -0.05) is 55.1 Å². The molecule has 0 atom stereocenters. The molecule has 0 radical (unpaired) electrons. The van der Waals surface area contributed by atoms with Crippen molar-refractivity contribution in [2.24, 2.45) is 0 Å². The highest BCUT2D eigenvalue weighted by atomic mass is 16.5. The van der Waals surface area contributed by atoms with Gasteiger partial charge in [0, 0.05) is 11.1 Å². The maximum absolute atomic E-state index is 12.4. The van der Waals surface area contributed by atoms with Crippen molar-refractivity contribution in [3.8, 4) is 5.75 Å². The zero-order valence-corrected chi connectivity index (χ0v) is 14.8. The van der Waals surface area contributed by atoms with Gasteiger partial charge in [-0.2, -0.15) is 0 Å². The summed E-state index contributed by atoms with van der Waals surface area (Å²) in [5, 5.41) is 8.22. The van der Waals surface area contributed by atoms with E-state index in [0.717, 1.165) is 27.7 Å². The molecular weight excluding hydrogens is 324 g/mol. The van der Waals surface area contributed by atoms with Gasteiger partial charge in [0.25, 0.3) is 0 Å². The molecule has 0 aromatic heterocycles. The Balaban J connectivity index is 1.65. The minimum absolute atomic E-state index is 0.115. The van der Waals surface area contributed by atoms with Gasteiger partial charge in [-0.3, -0.25) is 4.79 Å². The normalized spacial score (nSPS) is 10.3. The van der Waals surface area contributed by atoms with Gasteiger partial charge in [-0.15, -0.1) is 0 Å². The molecule has 0 unspecified atom stereocenters. The largest absolute Gasteiger partial charge is 0.487 e. The molecule has 132 valence electrons. The molecule has 26 heavy (non-hydrogen) atoms. The number of para-hydroxylation sites is 2. The smallest absolute Gasteiger partial charge is 0.243 e. The van der Waals surface area contributed by atoms with Gasteiger partial charge in [0.1, 0.15) is 12.4 Å². The average Bonchev–Trinajstić information content (AvgIpc) is 2.65. The van der Waals surface area contributed by atoms with Gasteiger partial charge in [-0.05, 0) is 36.1 Å². The topological polar surface area (TPSA) is 50.4 Å². The van der Waals surface area contributed by atoms with Crippen LogP contribution < -0.4 is 15.4 Å². The second-order valence-electron chi connectivity index (χ2n) is 6.17. The van der Waals surface area contributed by atoms with E-state index in [0.29, 0.717) is 12.4 Å².